The Hall–Kier alpha value is -3.50. The van der Waals surface area contributed by atoms with Crippen molar-refractivity contribution in [2.24, 2.45) is 11.3 Å². The number of rotatable bonds is 10. The van der Waals surface area contributed by atoms with Crippen molar-refractivity contribution < 1.29 is 28.6 Å². The fourth-order valence-corrected chi connectivity index (χ4v) is 7.08. The molecule has 1 aromatic heterocycles. The highest BCUT2D eigenvalue weighted by Crippen LogP contribution is 2.44. The van der Waals surface area contributed by atoms with Crippen molar-refractivity contribution in [1.82, 2.24) is 0 Å². The third-order valence-electron chi connectivity index (χ3n) is 7.33. The predicted octanol–water partition coefficient (Wildman–Crippen LogP) is 7.08. The van der Waals surface area contributed by atoms with Gasteiger partial charge in [-0.1, -0.05) is 26.8 Å². The lowest BCUT2D eigenvalue weighted by Gasteiger charge is -2.33. The number of esters is 1. The van der Waals surface area contributed by atoms with Crippen LogP contribution >= 0.6 is 23.1 Å². The molecule has 0 spiro atoms. The zero-order valence-electron chi connectivity index (χ0n) is 24.9. The lowest BCUT2D eigenvalue weighted by molar-refractivity contribution is -0.113. The smallest absolute Gasteiger partial charge is 0.341 e. The van der Waals surface area contributed by atoms with Gasteiger partial charge in [0.05, 0.1) is 32.1 Å². The Morgan fingerprint density at radius 3 is 2.48 bits per heavy atom. The van der Waals surface area contributed by atoms with E-state index in [0.29, 0.717) is 39.2 Å². The molecule has 1 atom stereocenters. The predicted molar refractivity (Wildman–Crippen MR) is 169 cm³/mol. The SMILES string of the molecule is CCOC(=O)c1c(NC(=O)CSc2cccc(NC(=O)c3ccc(OC)c(OC)c3)c2)sc2c1CCC(C(C)(C)C)C2. The van der Waals surface area contributed by atoms with Crippen LogP contribution in [0.2, 0.25) is 0 Å². The van der Waals surface area contributed by atoms with Crippen LogP contribution in [0.25, 0.3) is 0 Å². The summed E-state index contributed by atoms with van der Waals surface area (Å²) in [4.78, 5) is 40.8. The molecule has 0 saturated heterocycles. The molecule has 1 heterocycles. The van der Waals surface area contributed by atoms with Crippen LogP contribution in [0.5, 0.6) is 11.5 Å². The molecule has 2 aromatic carbocycles. The highest BCUT2D eigenvalue weighted by atomic mass is 32.2. The van der Waals surface area contributed by atoms with Crippen LogP contribution in [0.1, 0.15) is 65.3 Å². The molecule has 224 valence electrons. The molecular weight excluding hydrogens is 572 g/mol. The van der Waals surface area contributed by atoms with Crippen LogP contribution in [0.4, 0.5) is 10.7 Å². The molecule has 0 radical (unpaired) electrons. The fourth-order valence-electron chi connectivity index (χ4n) is 4.99. The number of carbonyl (C=O) groups excluding carboxylic acids is 3. The Balaban J connectivity index is 1.42. The van der Waals surface area contributed by atoms with Crippen LogP contribution < -0.4 is 20.1 Å². The summed E-state index contributed by atoms with van der Waals surface area (Å²) in [5.41, 5.74) is 2.71. The van der Waals surface area contributed by atoms with Gasteiger partial charge in [0.1, 0.15) is 5.00 Å². The number of thiophene rings is 1. The largest absolute Gasteiger partial charge is 0.493 e. The first-order valence-corrected chi connectivity index (χ1v) is 15.7. The number of nitrogens with one attached hydrogen (secondary N) is 2. The van der Waals surface area contributed by atoms with Gasteiger partial charge in [0.15, 0.2) is 11.5 Å². The van der Waals surface area contributed by atoms with E-state index in [1.807, 2.05) is 18.2 Å². The Bertz CT molecular complexity index is 1460. The van der Waals surface area contributed by atoms with Crippen molar-refractivity contribution in [3.63, 3.8) is 0 Å². The monoisotopic (exact) mass is 610 g/mol. The molecule has 1 unspecified atom stereocenters. The van der Waals surface area contributed by atoms with E-state index in [1.54, 1.807) is 31.2 Å². The highest BCUT2D eigenvalue weighted by Gasteiger charge is 2.34. The minimum atomic E-state index is -0.384. The average molecular weight is 611 g/mol. The van der Waals surface area contributed by atoms with Gasteiger partial charge in [-0.15, -0.1) is 23.1 Å². The van der Waals surface area contributed by atoms with E-state index >= 15 is 0 Å². The van der Waals surface area contributed by atoms with E-state index in [0.717, 1.165) is 34.6 Å². The number of benzene rings is 2. The van der Waals surface area contributed by atoms with E-state index in [4.69, 9.17) is 14.2 Å². The quantitative estimate of drug-likeness (QED) is 0.187. The van der Waals surface area contributed by atoms with Crippen LogP contribution in [0, 0.1) is 11.3 Å². The molecular formula is C32H38N2O6S2. The molecule has 1 aliphatic rings. The van der Waals surface area contributed by atoms with Gasteiger partial charge in [-0.3, -0.25) is 9.59 Å². The first kappa shape index (κ1) is 31.4. The number of amides is 2. The summed E-state index contributed by atoms with van der Waals surface area (Å²) in [6.45, 7) is 8.80. The first-order valence-electron chi connectivity index (χ1n) is 13.9. The molecule has 4 rings (SSSR count). The maximum absolute atomic E-state index is 13.0. The van der Waals surface area contributed by atoms with Crippen molar-refractivity contribution >= 4 is 51.6 Å². The van der Waals surface area contributed by atoms with E-state index in [9.17, 15) is 14.4 Å². The summed E-state index contributed by atoms with van der Waals surface area (Å²) in [5.74, 6) is 0.767. The van der Waals surface area contributed by atoms with Crippen molar-refractivity contribution in [3.05, 3.63) is 64.0 Å². The topological polar surface area (TPSA) is 103 Å². The summed E-state index contributed by atoms with van der Waals surface area (Å²) >= 11 is 2.84. The number of ether oxygens (including phenoxy) is 3. The van der Waals surface area contributed by atoms with Gasteiger partial charge >= 0.3 is 5.97 Å². The third kappa shape index (κ3) is 7.46. The summed E-state index contributed by atoms with van der Waals surface area (Å²) in [7, 11) is 3.05. The standard InChI is InChI=1S/C32H38N2O6S2/c1-7-40-31(37)28-23-13-12-20(32(2,3)4)16-26(23)42-30(28)34-27(35)18-41-22-10-8-9-21(17-22)33-29(36)19-11-14-24(38-5)25(15-19)39-6/h8-11,14-15,17,20H,7,12-13,16,18H2,1-6H3,(H,33,36)(H,34,35). The van der Waals surface area contributed by atoms with E-state index in [1.165, 1.54) is 37.3 Å². The van der Waals surface area contributed by atoms with Crippen molar-refractivity contribution in [1.29, 1.82) is 0 Å². The van der Waals surface area contributed by atoms with Crippen molar-refractivity contribution in [2.45, 2.75) is 51.9 Å². The highest BCUT2D eigenvalue weighted by molar-refractivity contribution is 8.00. The normalized spacial score (nSPS) is 14.5. The summed E-state index contributed by atoms with van der Waals surface area (Å²) in [5, 5.41) is 6.44. The second-order valence-electron chi connectivity index (χ2n) is 11.1. The number of hydrogen-bond donors (Lipinski definition) is 2. The second-order valence-corrected chi connectivity index (χ2v) is 13.3. The Labute approximate surface area is 255 Å². The average Bonchev–Trinajstić information content (AvgIpc) is 3.32. The minimum Gasteiger partial charge on any atom is -0.493 e. The number of anilines is 2. The van der Waals surface area contributed by atoms with Crippen molar-refractivity contribution in [3.8, 4) is 11.5 Å². The van der Waals surface area contributed by atoms with Crippen LogP contribution in [0.3, 0.4) is 0 Å². The number of carbonyl (C=O) groups is 3. The summed E-state index contributed by atoms with van der Waals surface area (Å²) in [6.07, 6.45) is 2.69. The van der Waals surface area contributed by atoms with Gasteiger partial charge in [0, 0.05) is 21.0 Å². The lowest BCUT2D eigenvalue weighted by Crippen LogP contribution is -2.26. The molecule has 0 saturated carbocycles. The molecule has 8 nitrogen and oxygen atoms in total. The first-order chi connectivity index (χ1) is 20.0. The molecule has 1 aliphatic carbocycles. The van der Waals surface area contributed by atoms with Gasteiger partial charge in [-0.25, -0.2) is 4.79 Å². The van der Waals surface area contributed by atoms with Crippen LogP contribution in [-0.2, 0) is 22.4 Å². The third-order valence-corrected chi connectivity index (χ3v) is 9.49. The Morgan fingerprint density at radius 1 is 1.02 bits per heavy atom. The maximum atomic E-state index is 13.0. The summed E-state index contributed by atoms with van der Waals surface area (Å²) < 4.78 is 15.9. The molecule has 0 fully saturated rings. The maximum Gasteiger partial charge on any atom is 0.341 e. The number of hydrogen-bond acceptors (Lipinski definition) is 8. The van der Waals surface area contributed by atoms with Gasteiger partial charge in [0.2, 0.25) is 5.91 Å². The minimum absolute atomic E-state index is 0.141. The van der Waals surface area contributed by atoms with E-state index < -0.39 is 0 Å². The van der Waals surface area contributed by atoms with Gasteiger partial charge < -0.3 is 24.8 Å². The molecule has 2 amide bonds. The van der Waals surface area contributed by atoms with Gasteiger partial charge in [-0.2, -0.15) is 0 Å². The molecule has 0 aliphatic heterocycles. The summed E-state index contributed by atoms with van der Waals surface area (Å²) in [6, 6.07) is 12.3. The van der Waals surface area contributed by atoms with Crippen LogP contribution in [0.15, 0.2) is 47.4 Å². The molecule has 10 heteroatoms. The molecule has 3 aromatic rings. The zero-order chi connectivity index (χ0) is 30.4. The fraction of sp³-hybridized carbons (Fsp3) is 0.406. The Kier molecular flexibility index (Phi) is 10.2. The number of fused-ring (bicyclic) bond motifs is 1. The molecule has 0 bridgehead atoms. The lowest BCUT2D eigenvalue weighted by atomic mass is 9.72. The van der Waals surface area contributed by atoms with Gasteiger partial charge in [-0.05, 0) is 79.5 Å². The van der Waals surface area contributed by atoms with E-state index in [-0.39, 0.29) is 35.6 Å². The van der Waals surface area contributed by atoms with E-state index in [2.05, 4.69) is 31.4 Å². The molecule has 2 N–H and O–H groups in total. The number of methoxy groups -OCH3 is 2. The Morgan fingerprint density at radius 2 is 1.79 bits per heavy atom. The van der Waals surface area contributed by atoms with Gasteiger partial charge in [0.25, 0.3) is 5.91 Å². The second kappa shape index (κ2) is 13.6. The van der Waals surface area contributed by atoms with Crippen LogP contribution in [-0.4, -0.2) is 44.4 Å². The molecule has 42 heavy (non-hydrogen) atoms. The van der Waals surface area contributed by atoms with Crippen molar-refractivity contribution in [2.75, 3.05) is 37.2 Å². The number of thioether (sulfide) groups is 1. The zero-order valence-corrected chi connectivity index (χ0v) is 26.6.